The number of aromatic nitrogens is 3. The van der Waals surface area contributed by atoms with Crippen molar-refractivity contribution in [1.29, 1.82) is 5.26 Å². The second-order valence-electron chi connectivity index (χ2n) is 5.70. The van der Waals surface area contributed by atoms with Crippen LogP contribution >= 0.6 is 11.3 Å². The van der Waals surface area contributed by atoms with Crippen molar-refractivity contribution >= 4 is 43.4 Å². The van der Waals surface area contributed by atoms with Gasteiger partial charge in [-0.25, -0.2) is 15.0 Å². The second kappa shape index (κ2) is 7.09. The van der Waals surface area contributed by atoms with E-state index in [4.69, 9.17) is 14.7 Å². The molecule has 0 saturated heterocycles. The lowest BCUT2D eigenvalue weighted by atomic mass is 10.1. The van der Waals surface area contributed by atoms with Crippen LogP contribution in [0.15, 0.2) is 36.7 Å². The Kier molecular flexibility index (Phi) is 4.47. The first-order valence-corrected chi connectivity index (χ1v) is 8.94. The molecule has 0 atom stereocenters. The number of amides is 1. The summed E-state index contributed by atoms with van der Waals surface area (Å²) in [6, 6.07) is 11.4. The summed E-state index contributed by atoms with van der Waals surface area (Å²) in [7, 11) is 2.83. The molecule has 8 nitrogen and oxygen atoms in total. The zero-order valence-corrected chi connectivity index (χ0v) is 15.7. The molecule has 0 bridgehead atoms. The van der Waals surface area contributed by atoms with Crippen LogP contribution in [0.5, 0.6) is 11.8 Å². The van der Waals surface area contributed by atoms with Crippen molar-refractivity contribution in [3.63, 3.8) is 0 Å². The first-order chi connectivity index (χ1) is 13.6. The Balaban J connectivity index is 1.74. The van der Waals surface area contributed by atoms with Crippen LogP contribution in [0.1, 0.15) is 15.9 Å². The summed E-state index contributed by atoms with van der Waals surface area (Å²) in [5.74, 6) is -0.260. The third-order valence-electron chi connectivity index (χ3n) is 4.12. The van der Waals surface area contributed by atoms with Crippen molar-refractivity contribution in [2.24, 2.45) is 0 Å². The van der Waals surface area contributed by atoms with E-state index in [1.54, 1.807) is 6.07 Å². The van der Waals surface area contributed by atoms with Crippen molar-refractivity contribution in [3.05, 3.63) is 47.8 Å². The van der Waals surface area contributed by atoms with Gasteiger partial charge in [-0.3, -0.25) is 10.1 Å². The van der Waals surface area contributed by atoms with Crippen LogP contribution in [-0.2, 0) is 0 Å². The van der Waals surface area contributed by atoms with E-state index in [1.807, 2.05) is 24.3 Å². The number of thiazole rings is 1. The molecule has 0 radical (unpaired) electrons. The van der Waals surface area contributed by atoms with Gasteiger partial charge in [-0.2, -0.15) is 5.26 Å². The fourth-order valence-corrected chi connectivity index (χ4v) is 3.74. The van der Waals surface area contributed by atoms with Crippen LogP contribution in [-0.4, -0.2) is 35.1 Å². The molecule has 4 aromatic rings. The first kappa shape index (κ1) is 17.6. The van der Waals surface area contributed by atoms with Gasteiger partial charge in [0.15, 0.2) is 10.7 Å². The summed E-state index contributed by atoms with van der Waals surface area (Å²) in [5.41, 5.74) is 1.43. The summed E-state index contributed by atoms with van der Waals surface area (Å²) in [5, 5.41) is 14.1. The van der Waals surface area contributed by atoms with Crippen molar-refractivity contribution in [2.45, 2.75) is 0 Å². The Bertz CT molecular complexity index is 1240. The Labute approximate surface area is 163 Å². The van der Waals surface area contributed by atoms with E-state index in [1.165, 1.54) is 31.9 Å². The van der Waals surface area contributed by atoms with Crippen LogP contribution in [0.3, 0.4) is 0 Å². The molecular formula is C19H13N5O3S. The zero-order valence-electron chi connectivity index (χ0n) is 14.9. The molecule has 0 unspecified atom stereocenters. The molecule has 0 aliphatic heterocycles. The number of nitrogens with one attached hydrogen (secondary N) is 1. The third-order valence-corrected chi connectivity index (χ3v) is 5.05. The number of carbonyl (C=O) groups is 1. The molecule has 1 amide bonds. The highest BCUT2D eigenvalue weighted by Gasteiger charge is 2.22. The average molecular weight is 391 g/mol. The Hall–Kier alpha value is -3.77. The van der Waals surface area contributed by atoms with Gasteiger partial charge in [0, 0.05) is 5.39 Å². The highest BCUT2D eigenvalue weighted by Crippen LogP contribution is 2.33. The van der Waals surface area contributed by atoms with Gasteiger partial charge >= 0.3 is 0 Å². The monoisotopic (exact) mass is 391 g/mol. The molecule has 0 aliphatic rings. The van der Waals surface area contributed by atoms with Gasteiger partial charge in [0.25, 0.3) is 5.91 Å². The number of methoxy groups -OCH3 is 2. The van der Waals surface area contributed by atoms with Crippen molar-refractivity contribution in [1.82, 2.24) is 15.0 Å². The summed E-state index contributed by atoms with van der Waals surface area (Å²) in [4.78, 5) is 25.2. The maximum Gasteiger partial charge on any atom is 0.268 e. The summed E-state index contributed by atoms with van der Waals surface area (Å²) in [6.07, 6.45) is 1.26. The fourth-order valence-electron chi connectivity index (χ4n) is 2.86. The molecule has 9 heteroatoms. The molecule has 0 spiro atoms. The number of carbonyl (C=O) groups excluding carboxylic acids is 1. The Morgan fingerprint density at radius 3 is 2.57 bits per heavy atom. The molecule has 0 aliphatic carbocycles. The molecule has 0 fully saturated rings. The van der Waals surface area contributed by atoms with E-state index in [9.17, 15) is 4.79 Å². The lowest BCUT2D eigenvalue weighted by Gasteiger charge is -2.09. The second-order valence-corrected chi connectivity index (χ2v) is 6.73. The minimum atomic E-state index is -0.482. The van der Waals surface area contributed by atoms with Gasteiger partial charge in [0.1, 0.15) is 6.33 Å². The molecule has 28 heavy (non-hydrogen) atoms. The minimum absolute atomic E-state index is 0.0928. The minimum Gasteiger partial charge on any atom is -0.480 e. The van der Waals surface area contributed by atoms with Crippen LogP contribution in [0.2, 0.25) is 0 Å². The van der Waals surface area contributed by atoms with Gasteiger partial charge < -0.3 is 9.47 Å². The number of ether oxygens (including phenoxy) is 2. The molecule has 1 N–H and O–H groups in total. The van der Waals surface area contributed by atoms with Gasteiger partial charge in [-0.1, -0.05) is 23.5 Å². The largest absolute Gasteiger partial charge is 0.480 e. The Morgan fingerprint density at radius 1 is 1.14 bits per heavy atom. The number of nitrogens with zero attached hydrogens (tertiary/aromatic N) is 4. The number of benzene rings is 2. The summed E-state index contributed by atoms with van der Waals surface area (Å²) >= 11 is 1.34. The molecule has 0 saturated carbocycles. The number of hydrogen-bond acceptors (Lipinski definition) is 8. The van der Waals surface area contributed by atoms with E-state index in [2.05, 4.69) is 26.3 Å². The van der Waals surface area contributed by atoms with E-state index >= 15 is 0 Å². The van der Waals surface area contributed by atoms with Crippen LogP contribution in [0.4, 0.5) is 5.13 Å². The average Bonchev–Trinajstić information content (AvgIpc) is 3.15. The molecular weight excluding hydrogens is 378 g/mol. The van der Waals surface area contributed by atoms with Gasteiger partial charge in [-0.05, 0) is 23.6 Å². The third kappa shape index (κ3) is 2.95. The number of anilines is 1. The lowest BCUT2D eigenvalue weighted by molar-refractivity contribution is 0.101. The fraction of sp³-hybridized carbons (Fsp3) is 0.105. The maximum atomic E-state index is 12.8. The normalized spacial score (nSPS) is 10.6. The SMILES string of the molecule is COc1ncnc(OC)c1C(=O)Nc1nc2c(ccc3cc(C#N)ccc32)s1. The predicted octanol–water partition coefficient (Wildman–Crippen LogP) is 3.38. The van der Waals surface area contributed by atoms with Crippen LogP contribution < -0.4 is 14.8 Å². The number of fused-ring (bicyclic) bond motifs is 3. The van der Waals surface area contributed by atoms with Gasteiger partial charge in [0.05, 0.1) is 36.1 Å². The van der Waals surface area contributed by atoms with Crippen LogP contribution in [0.25, 0.3) is 21.0 Å². The highest BCUT2D eigenvalue weighted by molar-refractivity contribution is 7.22. The van der Waals surface area contributed by atoms with E-state index < -0.39 is 5.91 Å². The predicted molar refractivity (Wildman–Crippen MR) is 105 cm³/mol. The number of nitriles is 1. The standard InChI is InChI=1S/C19H13N5O3S/c1-26-17-14(18(27-2)22-9-21-17)16(25)24-19-23-15-12-5-3-10(8-20)7-11(12)4-6-13(15)28-19/h3-7,9H,1-2H3,(H,23,24,25). The quantitative estimate of drug-likeness (QED) is 0.568. The highest BCUT2D eigenvalue weighted by atomic mass is 32.1. The maximum absolute atomic E-state index is 12.8. The topological polar surface area (TPSA) is 110 Å². The molecule has 138 valence electrons. The van der Waals surface area contributed by atoms with Crippen molar-refractivity contribution in [2.75, 3.05) is 19.5 Å². The molecule has 2 heterocycles. The smallest absolute Gasteiger partial charge is 0.268 e. The first-order valence-electron chi connectivity index (χ1n) is 8.12. The van der Waals surface area contributed by atoms with Crippen molar-refractivity contribution < 1.29 is 14.3 Å². The molecule has 2 aromatic heterocycles. The lowest BCUT2D eigenvalue weighted by Crippen LogP contribution is -2.16. The summed E-state index contributed by atoms with van der Waals surface area (Å²) in [6.45, 7) is 0. The van der Waals surface area contributed by atoms with E-state index in [-0.39, 0.29) is 17.3 Å². The number of hydrogen-bond donors (Lipinski definition) is 1. The summed E-state index contributed by atoms with van der Waals surface area (Å²) < 4.78 is 11.2. The van der Waals surface area contributed by atoms with Gasteiger partial charge in [0.2, 0.25) is 11.8 Å². The van der Waals surface area contributed by atoms with Gasteiger partial charge in [-0.15, -0.1) is 0 Å². The zero-order chi connectivity index (χ0) is 19.7. The van der Waals surface area contributed by atoms with E-state index in [0.717, 1.165) is 21.0 Å². The Morgan fingerprint density at radius 2 is 1.89 bits per heavy atom. The van der Waals surface area contributed by atoms with Crippen molar-refractivity contribution in [3.8, 4) is 17.8 Å². The van der Waals surface area contributed by atoms with Crippen LogP contribution in [0, 0.1) is 11.3 Å². The molecule has 2 aromatic carbocycles. The number of rotatable bonds is 4. The van der Waals surface area contributed by atoms with E-state index in [0.29, 0.717) is 10.7 Å². The molecule has 4 rings (SSSR count).